The van der Waals surface area contributed by atoms with Gasteiger partial charge < -0.3 is 4.74 Å². The molecular formula is C13H10N2O. The molecular weight excluding hydrogens is 200 g/mol. The minimum Gasteiger partial charge on any atom is -0.473 e. The summed E-state index contributed by atoms with van der Waals surface area (Å²) in [6, 6.07) is 7.98. The van der Waals surface area contributed by atoms with Gasteiger partial charge in [-0.2, -0.15) is 0 Å². The van der Waals surface area contributed by atoms with Crippen molar-refractivity contribution in [2.45, 2.75) is 5.41 Å². The van der Waals surface area contributed by atoms with E-state index >= 15 is 0 Å². The summed E-state index contributed by atoms with van der Waals surface area (Å²) in [5, 5.41) is 8.01. The van der Waals surface area contributed by atoms with Crippen molar-refractivity contribution in [3.8, 4) is 0 Å². The Kier molecular flexibility index (Phi) is 1.80. The maximum Gasteiger partial charge on any atom is 0.139 e. The SMILES string of the molecule is N=C1N=Cc2ccccc2C12C=COC=C2. The van der Waals surface area contributed by atoms with Crippen LogP contribution < -0.4 is 0 Å². The summed E-state index contributed by atoms with van der Waals surface area (Å²) < 4.78 is 5.05. The predicted molar refractivity (Wildman–Crippen MR) is 62.8 cm³/mol. The highest BCUT2D eigenvalue weighted by molar-refractivity contribution is 6.07. The number of hydrogen-bond acceptors (Lipinski definition) is 2. The monoisotopic (exact) mass is 210 g/mol. The van der Waals surface area contributed by atoms with Crippen LogP contribution >= 0.6 is 0 Å². The Morgan fingerprint density at radius 1 is 1.12 bits per heavy atom. The molecule has 0 aromatic heterocycles. The highest BCUT2D eigenvalue weighted by Crippen LogP contribution is 2.35. The minimum absolute atomic E-state index is 0.321. The Balaban J connectivity index is 2.29. The number of hydrogen-bond donors (Lipinski definition) is 1. The standard InChI is InChI=1S/C13H10N2O/c14-12-13(5-7-16-8-6-13)11-4-2-1-3-10(11)9-15-12/h1-9,14H. The normalized spacial score (nSPS) is 19.6. The number of rotatable bonds is 0. The van der Waals surface area contributed by atoms with E-state index in [9.17, 15) is 0 Å². The van der Waals surface area contributed by atoms with E-state index in [0.717, 1.165) is 11.1 Å². The molecule has 16 heavy (non-hydrogen) atoms. The Morgan fingerprint density at radius 3 is 2.69 bits per heavy atom. The summed E-state index contributed by atoms with van der Waals surface area (Å²) in [6.07, 6.45) is 8.67. The Bertz CT molecular complexity index is 529. The number of aliphatic imine (C=N–C) groups is 1. The molecule has 2 aliphatic rings. The molecule has 0 unspecified atom stereocenters. The third-order valence-corrected chi connectivity index (χ3v) is 2.95. The van der Waals surface area contributed by atoms with E-state index in [1.165, 1.54) is 0 Å². The minimum atomic E-state index is -0.552. The topological polar surface area (TPSA) is 45.4 Å². The number of nitrogens with zero attached hydrogens (tertiary/aromatic N) is 1. The molecule has 0 saturated heterocycles. The lowest BCUT2D eigenvalue weighted by atomic mass is 9.75. The van der Waals surface area contributed by atoms with Crippen LogP contribution in [-0.4, -0.2) is 12.1 Å². The highest BCUT2D eigenvalue weighted by Gasteiger charge is 2.37. The lowest BCUT2D eigenvalue weighted by Crippen LogP contribution is -2.35. The first kappa shape index (κ1) is 9.09. The van der Waals surface area contributed by atoms with E-state index < -0.39 is 5.41 Å². The Labute approximate surface area is 93.3 Å². The van der Waals surface area contributed by atoms with Gasteiger partial charge in [-0.3, -0.25) is 5.41 Å². The molecule has 0 fully saturated rings. The Hall–Kier alpha value is -2.16. The predicted octanol–water partition coefficient (Wildman–Crippen LogP) is 2.39. The number of nitrogens with one attached hydrogen (secondary N) is 1. The van der Waals surface area contributed by atoms with Crippen LogP contribution in [-0.2, 0) is 10.2 Å². The lowest BCUT2D eigenvalue weighted by Gasteiger charge is -2.31. The maximum absolute atomic E-state index is 8.01. The fraction of sp³-hybridized carbons (Fsp3) is 0.0769. The Morgan fingerprint density at radius 2 is 1.88 bits per heavy atom. The average Bonchev–Trinajstić information content (AvgIpc) is 2.36. The average molecular weight is 210 g/mol. The van der Waals surface area contributed by atoms with Crippen molar-refractivity contribution in [3.63, 3.8) is 0 Å². The van der Waals surface area contributed by atoms with E-state index in [1.807, 2.05) is 36.4 Å². The smallest absolute Gasteiger partial charge is 0.139 e. The first-order chi connectivity index (χ1) is 7.83. The van der Waals surface area contributed by atoms with Crippen LogP contribution in [0.1, 0.15) is 11.1 Å². The van der Waals surface area contributed by atoms with Gasteiger partial charge in [0, 0.05) is 6.21 Å². The van der Waals surface area contributed by atoms with E-state index in [0.29, 0.717) is 5.84 Å². The fourth-order valence-corrected chi connectivity index (χ4v) is 2.09. The van der Waals surface area contributed by atoms with Crippen molar-refractivity contribution in [2.75, 3.05) is 0 Å². The van der Waals surface area contributed by atoms with Gasteiger partial charge >= 0.3 is 0 Å². The molecule has 1 spiro atoms. The molecule has 3 nitrogen and oxygen atoms in total. The van der Waals surface area contributed by atoms with Gasteiger partial charge in [-0.25, -0.2) is 4.99 Å². The molecule has 78 valence electrons. The summed E-state index contributed by atoms with van der Waals surface area (Å²) in [6.45, 7) is 0. The van der Waals surface area contributed by atoms with Gasteiger partial charge in [-0.15, -0.1) is 0 Å². The molecule has 0 bridgehead atoms. The van der Waals surface area contributed by atoms with Crippen molar-refractivity contribution in [2.24, 2.45) is 4.99 Å². The first-order valence-electron chi connectivity index (χ1n) is 5.06. The van der Waals surface area contributed by atoms with Crippen LogP contribution in [0.4, 0.5) is 0 Å². The molecule has 3 rings (SSSR count). The van der Waals surface area contributed by atoms with E-state index in [4.69, 9.17) is 10.1 Å². The first-order valence-corrected chi connectivity index (χ1v) is 5.06. The van der Waals surface area contributed by atoms with Crippen LogP contribution in [0.15, 0.2) is 53.9 Å². The molecule has 2 aliphatic heterocycles. The van der Waals surface area contributed by atoms with Gasteiger partial charge in [0.2, 0.25) is 0 Å². The number of ether oxygens (including phenoxy) is 1. The van der Waals surface area contributed by atoms with Gasteiger partial charge in [0.1, 0.15) is 5.84 Å². The summed E-state index contributed by atoms with van der Waals surface area (Å²) in [4.78, 5) is 4.15. The van der Waals surface area contributed by atoms with Crippen molar-refractivity contribution in [1.29, 1.82) is 5.41 Å². The van der Waals surface area contributed by atoms with E-state index in [1.54, 1.807) is 18.7 Å². The van der Waals surface area contributed by atoms with Crippen LogP contribution in [0, 0.1) is 5.41 Å². The molecule has 0 aliphatic carbocycles. The largest absolute Gasteiger partial charge is 0.473 e. The lowest BCUT2D eigenvalue weighted by molar-refractivity contribution is 0.385. The highest BCUT2D eigenvalue weighted by atomic mass is 16.5. The zero-order chi connectivity index (χ0) is 11.0. The zero-order valence-corrected chi connectivity index (χ0v) is 8.55. The van der Waals surface area contributed by atoms with Crippen molar-refractivity contribution >= 4 is 12.1 Å². The summed E-state index contributed by atoms with van der Waals surface area (Å²) in [7, 11) is 0. The van der Waals surface area contributed by atoms with Crippen molar-refractivity contribution < 1.29 is 4.74 Å². The zero-order valence-electron chi connectivity index (χ0n) is 8.55. The van der Waals surface area contributed by atoms with Crippen LogP contribution in [0.25, 0.3) is 0 Å². The second kappa shape index (κ2) is 3.17. The maximum atomic E-state index is 8.01. The number of amidine groups is 1. The van der Waals surface area contributed by atoms with Gasteiger partial charge in [-0.1, -0.05) is 24.3 Å². The van der Waals surface area contributed by atoms with Crippen molar-refractivity contribution in [3.05, 3.63) is 60.1 Å². The van der Waals surface area contributed by atoms with Crippen LogP contribution in [0.5, 0.6) is 0 Å². The molecule has 0 radical (unpaired) electrons. The van der Waals surface area contributed by atoms with Gasteiger partial charge in [-0.05, 0) is 23.3 Å². The molecule has 3 heteroatoms. The van der Waals surface area contributed by atoms with Gasteiger partial charge in [0.05, 0.1) is 17.9 Å². The second-order valence-electron chi connectivity index (χ2n) is 3.80. The van der Waals surface area contributed by atoms with E-state index in [2.05, 4.69) is 4.99 Å². The van der Waals surface area contributed by atoms with Crippen LogP contribution in [0.2, 0.25) is 0 Å². The third-order valence-electron chi connectivity index (χ3n) is 2.95. The van der Waals surface area contributed by atoms with Gasteiger partial charge in [0.15, 0.2) is 0 Å². The van der Waals surface area contributed by atoms with Gasteiger partial charge in [0.25, 0.3) is 0 Å². The number of benzene rings is 1. The van der Waals surface area contributed by atoms with Crippen molar-refractivity contribution in [1.82, 2.24) is 0 Å². The quantitative estimate of drug-likeness (QED) is 0.702. The molecule has 2 heterocycles. The summed E-state index contributed by atoms with van der Waals surface area (Å²) in [5.74, 6) is 0.321. The van der Waals surface area contributed by atoms with Crippen LogP contribution in [0.3, 0.4) is 0 Å². The molecule has 1 aromatic carbocycles. The fourth-order valence-electron chi connectivity index (χ4n) is 2.09. The third kappa shape index (κ3) is 1.08. The summed E-state index contributed by atoms with van der Waals surface area (Å²) in [5.41, 5.74) is 1.57. The summed E-state index contributed by atoms with van der Waals surface area (Å²) >= 11 is 0. The second-order valence-corrected chi connectivity index (χ2v) is 3.80. The molecule has 0 saturated carbocycles. The number of fused-ring (bicyclic) bond motifs is 2. The molecule has 0 atom stereocenters. The molecule has 1 N–H and O–H groups in total. The van der Waals surface area contributed by atoms with E-state index in [-0.39, 0.29) is 0 Å². The molecule has 1 aromatic rings. The molecule has 0 amide bonds.